The number of unbranched alkanes of at least 4 members (excludes halogenated alkanes) is 1. The lowest BCUT2D eigenvalue weighted by atomic mass is 10.1. The Bertz CT molecular complexity index is 984. The zero-order valence-corrected chi connectivity index (χ0v) is 18.9. The normalized spacial score (nSPS) is 14.5. The minimum absolute atomic E-state index is 0.287. The van der Waals surface area contributed by atoms with Gasteiger partial charge in [-0.05, 0) is 64.4 Å². The first-order valence-electron chi connectivity index (χ1n) is 11.5. The summed E-state index contributed by atoms with van der Waals surface area (Å²) in [5, 5.41) is 5.84. The first-order chi connectivity index (χ1) is 14.6. The van der Waals surface area contributed by atoms with Crippen molar-refractivity contribution < 1.29 is 0 Å². The van der Waals surface area contributed by atoms with Crippen molar-refractivity contribution in [3.05, 3.63) is 42.1 Å². The molecule has 0 saturated carbocycles. The van der Waals surface area contributed by atoms with Gasteiger partial charge in [0.1, 0.15) is 0 Å². The minimum Gasteiger partial charge on any atom is -0.371 e. The summed E-state index contributed by atoms with van der Waals surface area (Å²) in [5.41, 5.74) is 5.85. The van der Waals surface area contributed by atoms with E-state index in [-0.39, 0.29) is 6.04 Å². The third-order valence-electron chi connectivity index (χ3n) is 6.05. The van der Waals surface area contributed by atoms with Crippen LogP contribution in [0, 0.1) is 0 Å². The zero-order chi connectivity index (χ0) is 21.1. The second-order valence-corrected chi connectivity index (χ2v) is 8.93. The van der Waals surface area contributed by atoms with Gasteiger partial charge < -0.3 is 9.80 Å². The van der Waals surface area contributed by atoms with Gasteiger partial charge in [0.15, 0.2) is 5.65 Å². The quantitative estimate of drug-likeness (QED) is 0.495. The van der Waals surface area contributed by atoms with Crippen molar-refractivity contribution in [2.24, 2.45) is 0 Å². The second-order valence-electron chi connectivity index (χ2n) is 8.93. The molecule has 160 valence electrons. The fourth-order valence-electron chi connectivity index (χ4n) is 4.39. The Kier molecular flexibility index (Phi) is 6.38. The highest BCUT2D eigenvalue weighted by Gasteiger charge is 2.20. The average molecular weight is 406 g/mol. The predicted octanol–water partition coefficient (Wildman–Crippen LogP) is 5.51. The van der Waals surface area contributed by atoms with Gasteiger partial charge in [0, 0.05) is 31.2 Å². The highest BCUT2D eigenvalue weighted by Crippen LogP contribution is 2.34. The van der Waals surface area contributed by atoms with Crippen LogP contribution in [0.4, 0.5) is 5.69 Å². The maximum absolute atomic E-state index is 5.09. The smallest absolute Gasteiger partial charge is 0.160 e. The van der Waals surface area contributed by atoms with Gasteiger partial charge in [-0.15, -0.1) is 0 Å². The van der Waals surface area contributed by atoms with Gasteiger partial charge in [-0.2, -0.15) is 5.10 Å². The van der Waals surface area contributed by atoms with E-state index in [0.717, 1.165) is 37.5 Å². The van der Waals surface area contributed by atoms with E-state index in [1.165, 1.54) is 47.9 Å². The van der Waals surface area contributed by atoms with Gasteiger partial charge in [0.25, 0.3) is 0 Å². The molecule has 1 fully saturated rings. The predicted molar refractivity (Wildman–Crippen MR) is 126 cm³/mol. The Hall–Kier alpha value is -2.40. The maximum atomic E-state index is 5.09. The highest BCUT2D eigenvalue weighted by molar-refractivity contribution is 5.92. The van der Waals surface area contributed by atoms with Crippen molar-refractivity contribution >= 4 is 16.7 Å². The van der Waals surface area contributed by atoms with Crippen LogP contribution in [-0.4, -0.2) is 46.3 Å². The lowest BCUT2D eigenvalue weighted by Crippen LogP contribution is -2.19. The van der Waals surface area contributed by atoms with E-state index in [1.807, 2.05) is 6.20 Å². The van der Waals surface area contributed by atoms with Gasteiger partial charge in [0.2, 0.25) is 0 Å². The van der Waals surface area contributed by atoms with Crippen LogP contribution in [0.1, 0.15) is 58.1 Å². The van der Waals surface area contributed by atoms with E-state index in [0.29, 0.717) is 0 Å². The van der Waals surface area contributed by atoms with E-state index < -0.39 is 0 Å². The summed E-state index contributed by atoms with van der Waals surface area (Å²) < 4.78 is 2.06. The molecular weight excluding hydrogens is 370 g/mol. The largest absolute Gasteiger partial charge is 0.371 e. The summed E-state index contributed by atoms with van der Waals surface area (Å²) in [7, 11) is 2.21. The number of rotatable bonds is 8. The molecule has 5 heteroatoms. The van der Waals surface area contributed by atoms with Crippen molar-refractivity contribution in [3.8, 4) is 11.3 Å². The van der Waals surface area contributed by atoms with E-state index in [1.54, 1.807) is 0 Å². The van der Waals surface area contributed by atoms with E-state index in [9.17, 15) is 0 Å². The van der Waals surface area contributed by atoms with Gasteiger partial charge in [-0.1, -0.05) is 31.5 Å². The number of aromatic nitrogens is 3. The Balaban J connectivity index is 1.73. The van der Waals surface area contributed by atoms with Crippen LogP contribution in [0.2, 0.25) is 0 Å². The number of nitrogens with zero attached hydrogens (tertiary/aromatic N) is 5. The SMILES string of the molecule is CCCCN(C)Cc1cccc(-c2cc(N3CCCC3)c3cnn(C(C)C)c3n2)c1. The number of hydrogen-bond donors (Lipinski definition) is 0. The van der Waals surface area contributed by atoms with Crippen LogP contribution in [0.25, 0.3) is 22.3 Å². The van der Waals surface area contributed by atoms with Crippen molar-refractivity contribution in [2.45, 2.75) is 59.0 Å². The van der Waals surface area contributed by atoms with E-state index >= 15 is 0 Å². The molecule has 0 unspecified atom stereocenters. The molecule has 5 nitrogen and oxygen atoms in total. The Morgan fingerprint density at radius 2 is 1.93 bits per heavy atom. The first kappa shape index (κ1) is 20.9. The first-order valence-corrected chi connectivity index (χ1v) is 11.5. The molecule has 1 aromatic carbocycles. The summed E-state index contributed by atoms with van der Waals surface area (Å²) in [6, 6.07) is 11.5. The molecule has 3 heterocycles. The third kappa shape index (κ3) is 4.36. The number of pyridine rings is 1. The van der Waals surface area contributed by atoms with Crippen molar-refractivity contribution in [3.63, 3.8) is 0 Å². The molecule has 0 bridgehead atoms. The van der Waals surface area contributed by atoms with Crippen LogP contribution in [0.15, 0.2) is 36.5 Å². The zero-order valence-electron chi connectivity index (χ0n) is 18.9. The molecule has 2 aromatic heterocycles. The van der Waals surface area contributed by atoms with Gasteiger partial charge >= 0.3 is 0 Å². The lowest BCUT2D eigenvalue weighted by Gasteiger charge is -2.20. The molecule has 1 aliphatic rings. The topological polar surface area (TPSA) is 37.2 Å². The molecule has 0 amide bonds. The molecule has 30 heavy (non-hydrogen) atoms. The van der Waals surface area contributed by atoms with Crippen molar-refractivity contribution in [2.75, 3.05) is 31.6 Å². The maximum Gasteiger partial charge on any atom is 0.160 e. The summed E-state index contributed by atoms with van der Waals surface area (Å²) in [6.07, 6.45) is 7.00. The highest BCUT2D eigenvalue weighted by atomic mass is 15.3. The molecule has 0 aliphatic carbocycles. The Morgan fingerprint density at radius 3 is 2.67 bits per heavy atom. The molecule has 1 aliphatic heterocycles. The van der Waals surface area contributed by atoms with Gasteiger partial charge in [0.05, 0.1) is 23.0 Å². The molecule has 0 atom stereocenters. The summed E-state index contributed by atoms with van der Waals surface area (Å²) in [5.74, 6) is 0. The molecule has 0 radical (unpaired) electrons. The average Bonchev–Trinajstić information content (AvgIpc) is 3.41. The number of anilines is 1. The minimum atomic E-state index is 0.287. The fraction of sp³-hybridized carbons (Fsp3) is 0.520. The molecule has 0 N–H and O–H groups in total. The Morgan fingerprint density at radius 1 is 1.13 bits per heavy atom. The summed E-state index contributed by atoms with van der Waals surface area (Å²) in [4.78, 5) is 10.00. The van der Waals surface area contributed by atoms with Crippen molar-refractivity contribution in [1.29, 1.82) is 0 Å². The number of benzene rings is 1. The molecular formula is C25H35N5. The summed E-state index contributed by atoms with van der Waals surface area (Å²) >= 11 is 0. The second kappa shape index (κ2) is 9.17. The van der Waals surface area contributed by atoms with Crippen molar-refractivity contribution in [1.82, 2.24) is 19.7 Å². The standard InChI is InChI=1S/C25H35N5/c1-5-6-12-28(4)18-20-10-9-11-21(15-20)23-16-24(29-13-7-8-14-29)22-17-26-30(19(2)3)25(22)27-23/h9-11,15-17,19H,5-8,12-14,18H2,1-4H3. The van der Waals surface area contributed by atoms with Crippen LogP contribution in [0.5, 0.6) is 0 Å². The Labute approximate surface area is 180 Å². The number of fused-ring (bicyclic) bond motifs is 1. The van der Waals surface area contributed by atoms with Crippen LogP contribution >= 0.6 is 0 Å². The molecule has 1 saturated heterocycles. The molecule has 4 rings (SSSR count). The van der Waals surface area contributed by atoms with E-state index in [2.05, 4.69) is 77.7 Å². The monoisotopic (exact) mass is 405 g/mol. The van der Waals surface area contributed by atoms with Crippen LogP contribution in [-0.2, 0) is 6.54 Å². The third-order valence-corrected chi connectivity index (χ3v) is 6.05. The molecule has 3 aromatic rings. The van der Waals surface area contributed by atoms with Gasteiger partial charge in [-0.3, -0.25) is 0 Å². The van der Waals surface area contributed by atoms with Gasteiger partial charge in [-0.25, -0.2) is 9.67 Å². The van der Waals surface area contributed by atoms with Crippen LogP contribution in [0.3, 0.4) is 0 Å². The summed E-state index contributed by atoms with van der Waals surface area (Å²) in [6.45, 7) is 10.9. The number of hydrogen-bond acceptors (Lipinski definition) is 4. The van der Waals surface area contributed by atoms with Crippen LogP contribution < -0.4 is 4.90 Å². The molecule has 0 spiro atoms. The lowest BCUT2D eigenvalue weighted by molar-refractivity contribution is 0.321. The van der Waals surface area contributed by atoms with E-state index in [4.69, 9.17) is 4.98 Å². The fourth-order valence-corrected chi connectivity index (χ4v) is 4.39.